The minimum Gasteiger partial charge on any atom is -0.376 e. The number of hydrogen-bond acceptors (Lipinski definition) is 5. The van der Waals surface area contributed by atoms with Crippen molar-refractivity contribution in [1.29, 1.82) is 0 Å². The highest BCUT2D eigenvalue weighted by atomic mass is 16.6. The minimum atomic E-state index is -0.475. The largest absolute Gasteiger partial charge is 0.376 e. The molecule has 2 atom stereocenters. The van der Waals surface area contributed by atoms with Crippen LogP contribution in [-0.2, 0) is 33.7 Å². The maximum atomic E-state index is 12.1. The highest BCUT2D eigenvalue weighted by Gasteiger charge is 2.28. The third-order valence-corrected chi connectivity index (χ3v) is 3.79. The van der Waals surface area contributed by atoms with Crippen molar-refractivity contribution in [2.45, 2.75) is 44.9 Å². The summed E-state index contributed by atoms with van der Waals surface area (Å²) in [5, 5.41) is 11.4. The molecule has 0 bridgehead atoms. The van der Waals surface area contributed by atoms with E-state index in [-0.39, 0.29) is 11.9 Å². The molecule has 2 aliphatic heterocycles. The van der Waals surface area contributed by atoms with Gasteiger partial charge in [-0.05, 0) is 6.42 Å². The Bertz CT molecular complexity index is 468. The van der Waals surface area contributed by atoms with Gasteiger partial charge < -0.3 is 19.4 Å². The Hall–Kier alpha value is -1.47. The summed E-state index contributed by atoms with van der Waals surface area (Å²) in [6.07, 6.45) is 2.12. The lowest BCUT2D eigenvalue weighted by Crippen LogP contribution is -2.49. The van der Waals surface area contributed by atoms with E-state index < -0.39 is 6.10 Å². The van der Waals surface area contributed by atoms with Crippen molar-refractivity contribution >= 4 is 5.91 Å². The summed E-state index contributed by atoms with van der Waals surface area (Å²) in [6.45, 7) is 4.20. The Morgan fingerprint density at radius 2 is 2.35 bits per heavy atom. The quantitative estimate of drug-likeness (QED) is 0.821. The van der Waals surface area contributed by atoms with Gasteiger partial charge in [0.05, 0.1) is 19.8 Å². The van der Waals surface area contributed by atoms with Crippen molar-refractivity contribution in [3.63, 3.8) is 0 Å². The van der Waals surface area contributed by atoms with Crippen molar-refractivity contribution < 1.29 is 14.3 Å². The molecule has 1 aromatic rings. The van der Waals surface area contributed by atoms with Crippen molar-refractivity contribution in [2.24, 2.45) is 0 Å². The fraction of sp³-hybridized carbons (Fsp3) is 0.769. The first-order valence-electron chi connectivity index (χ1n) is 7.18. The van der Waals surface area contributed by atoms with E-state index in [2.05, 4.69) is 27.0 Å². The number of hydrogen-bond donors (Lipinski definition) is 1. The molecule has 7 heteroatoms. The van der Waals surface area contributed by atoms with Gasteiger partial charge in [-0.2, -0.15) is 0 Å². The zero-order valence-corrected chi connectivity index (χ0v) is 11.7. The second kappa shape index (κ2) is 5.88. The van der Waals surface area contributed by atoms with Crippen LogP contribution in [-0.4, -0.2) is 52.6 Å². The summed E-state index contributed by atoms with van der Waals surface area (Å²) in [6, 6.07) is 0.113. The Morgan fingerprint density at radius 1 is 1.45 bits per heavy atom. The van der Waals surface area contributed by atoms with E-state index in [9.17, 15) is 4.79 Å². The average Bonchev–Trinajstić information content (AvgIpc) is 2.90. The van der Waals surface area contributed by atoms with Crippen LogP contribution in [0.5, 0.6) is 0 Å². The molecule has 7 nitrogen and oxygen atoms in total. The van der Waals surface area contributed by atoms with Crippen molar-refractivity contribution in [1.82, 2.24) is 20.1 Å². The molecule has 110 valence electrons. The molecule has 1 N–H and O–H groups in total. The molecule has 2 aliphatic rings. The Kier molecular flexibility index (Phi) is 3.98. The van der Waals surface area contributed by atoms with Crippen LogP contribution in [0.3, 0.4) is 0 Å². The van der Waals surface area contributed by atoms with Crippen LogP contribution in [0.15, 0.2) is 0 Å². The monoisotopic (exact) mass is 280 g/mol. The number of ether oxygens (including phenoxy) is 2. The fourth-order valence-corrected chi connectivity index (χ4v) is 2.70. The molecule has 0 spiro atoms. The molecule has 1 saturated heterocycles. The van der Waals surface area contributed by atoms with Crippen molar-refractivity contribution in [3.8, 4) is 0 Å². The van der Waals surface area contributed by atoms with Gasteiger partial charge in [-0.15, -0.1) is 10.2 Å². The van der Waals surface area contributed by atoms with Gasteiger partial charge >= 0.3 is 0 Å². The number of nitrogens with zero attached hydrogens (tertiary/aromatic N) is 3. The first kappa shape index (κ1) is 13.5. The zero-order valence-electron chi connectivity index (χ0n) is 11.7. The molecule has 0 saturated carbocycles. The average molecular weight is 280 g/mol. The number of amides is 1. The molecule has 0 radical (unpaired) electrons. The predicted molar refractivity (Wildman–Crippen MR) is 70.2 cm³/mol. The standard InChI is InChI=1S/C13H20N4O3/c1-2-11-15-16-12-4-3-9(7-17(11)12)14-13(18)10-8-19-5-6-20-10/h9-10H,2-8H2,1H3,(H,14,18)/t9-,10+/m0/s1. The van der Waals surface area contributed by atoms with Crippen LogP contribution in [0.1, 0.15) is 25.0 Å². The summed E-state index contributed by atoms with van der Waals surface area (Å²) in [5.74, 6) is 1.92. The lowest BCUT2D eigenvalue weighted by molar-refractivity contribution is -0.148. The van der Waals surface area contributed by atoms with Crippen LogP contribution in [0.2, 0.25) is 0 Å². The van der Waals surface area contributed by atoms with Gasteiger partial charge in [0.2, 0.25) is 0 Å². The molecule has 0 unspecified atom stereocenters. The molecule has 20 heavy (non-hydrogen) atoms. The van der Waals surface area contributed by atoms with Crippen molar-refractivity contribution in [2.75, 3.05) is 19.8 Å². The topological polar surface area (TPSA) is 78.3 Å². The summed E-state index contributed by atoms with van der Waals surface area (Å²) >= 11 is 0. The van der Waals surface area contributed by atoms with Gasteiger partial charge in [0, 0.05) is 25.4 Å². The second-order valence-electron chi connectivity index (χ2n) is 5.18. The van der Waals surface area contributed by atoms with Crippen LogP contribution in [0.4, 0.5) is 0 Å². The van der Waals surface area contributed by atoms with E-state index in [1.807, 2.05) is 0 Å². The Morgan fingerprint density at radius 3 is 3.10 bits per heavy atom. The maximum absolute atomic E-state index is 12.1. The van der Waals surface area contributed by atoms with Gasteiger partial charge in [-0.25, -0.2) is 0 Å². The van der Waals surface area contributed by atoms with E-state index in [0.29, 0.717) is 19.8 Å². The maximum Gasteiger partial charge on any atom is 0.251 e. The highest BCUT2D eigenvalue weighted by molar-refractivity contribution is 5.81. The van der Waals surface area contributed by atoms with E-state index in [1.165, 1.54) is 0 Å². The number of carbonyl (C=O) groups excluding carboxylic acids is 1. The van der Waals surface area contributed by atoms with Gasteiger partial charge in [0.1, 0.15) is 11.6 Å². The van der Waals surface area contributed by atoms with E-state index in [4.69, 9.17) is 9.47 Å². The van der Waals surface area contributed by atoms with E-state index in [0.717, 1.165) is 37.5 Å². The second-order valence-corrected chi connectivity index (χ2v) is 5.18. The van der Waals surface area contributed by atoms with Crippen LogP contribution < -0.4 is 5.32 Å². The molecular weight excluding hydrogens is 260 g/mol. The molecule has 1 fully saturated rings. The third-order valence-electron chi connectivity index (χ3n) is 3.79. The third kappa shape index (κ3) is 2.69. The fourth-order valence-electron chi connectivity index (χ4n) is 2.70. The number of aromatic nitrogens is 3. The zero-order chi connectivity index (χ0) is 13.9. The van der Waals surface area contributed by atoms with Gasteiger partial charge in [-0.3, -0.25) is 4.79 Å². The predicted octanol–water partition coefficient (Wildman–Crippen LogP) is -0.313. The van der Waals surface area contributed by atoms with Gasteiger partial charge in [-0.1, -0.05) is 6.92 Å². The number of aryl methyl sites for hydroxylation is 2. The summed E-state index contributed by atoms with van der Waals surface area (Å²) in [4.78, 5) is 12.1. The molecule has 0 aromatic carbocycles. The first-order valence-corrected chi connectivity index (χ1v) is 7.18. The molecule has 0 aliphatic carbocycles. The summed E-state index contributed by atoms with van der Waals surface area (Å²) in [5.41, 5.74) is 0. The van der Waals surface area contributed by atoms with Crippen LogP contribution >= 0.6 is 0 Å². The van der Waals surface area contributed by atoms with Crippen LogP contribution in [0.25, 0.3) is 0 Å². The lowest BCUT2D eigenvalue weighted by atomic mass is 10.1. The number of fused-ring (bicyclic) bond motifs is 1. The SMILES string of the molecule is CCc1nnc2n1C[C@@H](NC(=O)[C@H]1COCCO1)CC2. The molecule has 3 rings (SSSR count). The number of nitrogens with one attached hydrogen (secondary N) is 1. The first-order chi connectivity index (χ1) is 9.78. The normalized spacial score (nSPS) is 26.1. The molecule has 1 aromatic heterocycles. The molecule has 3 heterocycles. The summed E-state index contributed by atoms with van der Waals surface area (Å²) in [7, 11) is 0. The van der Waals surface area contributed by atoms with Crippen molar-refractivity contribution in [3.05, 3.63) is 11.6 Å². The smallest absolute Gasteiger partial charge is 0.251 e. The van der Waals surface area contributed by atoms with Crippen LogP contribution in [0, 0.1) is 0 Å². The highest BCUT2D eigenvalue weighted by Crippen LogP contribution is 2.16. The number of carbonyl (C=O) groups is 1. The number of rotatable bonds is 3. The van der Waals surface area contributed by atoms with E-state index in [1.54, 1.807) is 0 Å². The lowest BCUT2D eigenvalue weighted by Gasteiger charge is -2.28. The molecular formula is C13H20N4O3. The Labute approximate surface area is 117 Å². The molecule has 1 amide bonds. The Balaban J connectivity index is 1.60. The van der Waals surface area contributed by atoms with E-state index >= 15 is 0 Å². The van der Waals surface area contributed by atoms with Gasteiger partial charge in [0.15, 0.2) is 6.10 Å². The summed E-state index contributed by atoms with van der Waals surface area (Å²) < 4.78 is 12.8. The van der Waals surface area contributed by atoms with Gasteiger partial charge in [0.25, 0.3) is 5.91 Å². The minimum absolute atomic E-state index is 0.0794.